The van der Waals surface area contributed by atoms with Gasteiger partial charge in [-0.2, -0.15) is 0 Å². The second-order valence-corrected chi connectivity index (χ2v) is 8.26. The number of hydrogen-bond acceptors (Lipinski definition) is 4. The van der Waals surface area contributed by atoms with Crippen LogP contribution in [0, 0.1) is 17.6 Å². The maximum atomic E-state index is 13.9. The van der Waals surface area contributed by atoms with Crippen molar-refractivity contribution in [2.45, 2.75) is 37.9 Å². The number of nitrogens with zero attached hydrogens (tertiary/aromatic N) is 2. The van der Waals surface area contributed by atoms with E-state index >= 15 is 0 Å². The highest BCUT2D eigenvalue weighted by atomic mass is 19.1. The lowest BCUT2D eigenvalue weighted by atomic mass is 9.94. The van der Waals surface area contributed by atoms with E-state index in [1.807, 2.05) is 0 Å². The molecule has 3 amide bonds. The SMILES string of the molecule is COC(=O)N1C[C@@H](CO)C[C@@H](N(C(=O)NCc2cc3cc(F)cc(F)c3[nH]2)C2CC2)C1. The Hall–Kier alpha value is -2.88. The van der Waals surface area contributed by atoms with Crippen molar-refractivity contribution >= 4 is 23.0 Å². The molecule has 4 rings (SSSR count). The zero-order valence-corrected chi connectivity index (χ0v) is 17.2. The molecule has 8 nitrogen and oxygen atoms in total. The Morgan fingerprint density at radius 2 is 2.03 bits per heavy atom. The molecule has 2 aliphatic rings. The zero-order valence-electron chi connectivity index (χ0n) is 17.2. The number of aliphatic hydroxyl groups excluding tert-OH is 1. The molecule has 1 saturated carbocycles. The fourth-order valence-electron chi connectivity index (χ4n) is 4.35. The lowest BCUT2D eigenvalue weighted by molar-refractivity contribution is 0.0464. The number of carbonyl (C=O) groups excluding carboxylic acids is 2. The molecule has 0 bridgehead atoms. The van der Waals surface area contributed by atoms with Crippen LogP contribution in [0.5, 0.6) is 0 Å². The molecule has 0 radical (unpaired) electrons. The number of methoxy groups -OCH3 is 1. The molecule has 0 spiro atoms. The molecular formula is C21H26F2N4O4. The Morgan fingerprint density at radius 3 is 2.71 bits per heavy atom. The molecule has 2 aromatic rings. The van der Waals surface area contributed by atoms with Gasteiger partial charge in [0.05, 0.1) is 25.2 Å². The Morgan fingerprint density at radius 1 is 1.26 bits per heavy atom. The molecule has 0 unspecified atom stereocenters. The molecule has 1 aromatic carbocycles. The minimum atomic E-state index is -0.688. The normalized spacial score (nSPS) is 21.2. The van der Waals surface area contributed by atoms with Gasteiger partial charge in [0.25, 0.3) is 0 Å². The molecular weight excluding hydrogens is 410 g/mol. The van der Waals surface area contributed by atoms with E-state index in [1.54, 1.807) is 11.0 Å². The van der Waals surface area contributed by atoms with E-state index in [1.165, 1.54) is 18.1 Å². The predicted octanol–water partition coefficient (Wildman–Crippen LogP) is 2.57. The predicted molar refractivity (Wildman–Crippen MR) is 108 cm³/mol. The number of piperidine rings is 1. The van der Waals surface area contributed by atoms with Crippen LogP contribution in [0.1, 0.15) is 25.0 Å². The number of urea groups is 1. The highest BCUT2D eigenvalue weighted by molar-refractivity contribution is 5.81. The summed E-state index contributed by atoms with van der Waals surface area (Å²) in [5.41, 5.74) is 0.744. The fourth-order valence-corrected chi connectivity index (χ4v) is 4.35. The second-order valence-electron chi connectivity index (χ2n) is 8.26. The van der Waals surface area contributed by atoms with Crippen molar-refractivity contribution in [2.75, 3.05) is 26.8 Å². The summed E-state index contributed by atoms with van der Waals surface area (Å²) in [6.07, 6.45) is 1.86. The average molecular weight is 436 g/mol. The summed E-state index contributed by atoms with van der Waals surface area (Å²) in [6.45, 7) is 0.761. The molecule has 1 saturated heterocycles. The smallest absolute Gasteiger partial charge is 0.409 e. The summed E-state index contributed by atoms with van der Waals surface area (Å²) in [6, 6.07) is 3.19. The molecule has 2 fully saturated rings. The van der Waals surface area contributed by atoms with Crippen LogP contribution < -0.4 is 5.32 Å². The fraction of sp³-hybridized carbons (Fsp3) is 0.524. The van der Waals surface area contributed by atoms with Crippen LogP contribution >= 0.6 is 0 Å². The molecule has 31 heavy (non-hydrogen) atoms. The number of benzene rings is 1. The number of hydrogen-bond donors (Lipinski definition) is 3. The van der Waals surface area contributed by atoms with Crippen LogP contribution in [-0.4, -0.2) is 70.9 Å². The third-order valence-corrected chi connectivity index (χ3v) is 5.91. The van der Waals surface area contributed by atoms with Crippen LogP contribution in [0.4, 0.5) is 18.4 Å². The molecule has 3 N–H and O–H groups in total. The number of halogens is 2. The van der Waals surface area contributed by atoms with Gasteiger partial charge in [-0.1, -0.05) is 0 Å². The van der Waals surface area contributed by atoms with Crippen molar-refractivity contribution in [3.63, 3.8) is 0 Å². The first-order valence-corrected chi connectivity index (χ1v) is 10.4. The number of aliphatic hydroxyl groups is 1. The van der Waals surface area contributed by atoms with Crippen molar-refractivity contribution < 1.29 is 28.2 Å². The van der Waals surface area contributed by atoms with Gasteiger partial charge in [0.15, 0.2) is 0 Å². The molecule has 2 atom stereocenters. The van der Waals surface area contributed by atoms with Crippen molar-refractivity contribution in [3.05, 3.63) is 35.5 Å². The highest BCUT2D eigenvalue weighted by Crippen LogP contribution is 2.33. The van der Waals surface area contributed by atoms with E-state index < -0.39 is 17.7 Å². The number of amides is 3. The molecule has 2 heterocycles. The number of rotatable bonds is 5. The first-order chi connectivity index (χ1) is 14.9. The van der Waals surface area contributed by atoms with Crippen LogP contribution in [0.2, 0.25) is 0 Å². The van der Waals surface area contributed by atoms with Gasteiger partial charge in [0.1, 0.15) is 11.6 Å². The van der Waals surface area contributed by atoms with Gasteiger partial charge < -0.3 is 29.9 Å². The Labute approximate surface area is 178 Å². The quantitative estimate of drug-likeness (QED) is 0.671. The average Bonchev–Trinajstić information content (AvgIpc) is 3.49. The summed E-state index contributed by atoms with van der Waals surface area (Å²) in [4.78, 5) is 31.2. The number of nitrogens with one attached hydrogen (secondary N) is 2. The minimum absolute atomic E-state index is 0.0798. The van der Waals surface area contributed by atoms with E-state index in [0.29, 0.717) is 30.6 Å². The van der Waals surface area contributed by atoms with E-state index in [4.69, 9.17) is 4.74 Å². The van der Waals surface area contributed by atoms with Crippen LogP contribution in [-0.2, 0) is 11.3 Å². The minimum Gasteiger partial charge on any atom is -0.453 e. The maximum absolute atomic E-state index is 13.9. The van der Waals surface area contributed by atoms with Crippen molar-refractivity contribution in [1.82, 2.24) is 20.1 Å². The molecule has 10 heteroatoms. The molecule has 1 aliphatic carbocycles. The van der Waals surface area contributed by atoms with Gasteiger partial charge in [0, 0.05) is 48.8 Å². The lowest BCUT2D eigenvalue weighted by Crippen LogP contribution is -2.57. The van der Waals surface area contributed by atoms with E-state index in [9.17, 15) is 23.5 Å². The maximum Gasteiger partial charge on any atom is 0.409 e. The number of H-pyrrole nitrogens is 1. The van der Waals surface area contributed by atoms with Crippen LogP contribution in [0.25, 0.3) is 10.9 Å². The van der Waals surface area contributed by atoms with Gasteiger partial charge in [-0.3, -0.25) is 0 Å². The molecule has 1 aliphatic heterocycles. The number of likely N-dealkylation sites (tertiary alicyclic amines) is 1. The monoisotopic (exact) mass is 436 g/mol. The summed E-state index contributed by atoms with van der Waals surface area (Å²) >= 11 is 0. The first-order valence-electron chi connectivity index (χ1n) is 10.4. The van der Waals surface area contributed by atoms with Crippen LogP contribution in [0.3, 0.4) is 0 Å². The standard InChI is InChI=1S/C21H26F2N4O4/c1-31-21(30)26-9-12(11-28)4-17(10-26)27(16-2-3-16)20(29)24-8-15-6-13-5-14(22)7-18(23)19(13)25-15/h5-7,12,16-17,25,28H,2-4,8-11H2,1H3,(H,24,29)/t12-,17+/m0/s1. The van der Waals surface area contributed by atoms with Gasteiger partial charge in [-0.05, 0) is 31.4 Å². The number of aromatic nitrogens is 1. The summed E-state index contributed by atoms with van der Waals surface area (Å²) in [5.74, 6) is -1.49. The van der Waals surface area contributed by atoms with E-state index in [-0.39, 0.29) is 42.7 Å². The van der Waals surface area contributed by atoms with Crippen molar-refractivity contribution in [1.29, 1.82) is 0 Å². The van der Waals surface area contributed by atoms with Gasteiger partial charge in [0.2, 0.25) is 0 Å². The molecule has 168 valence electrons. The highest BCUT2D eigenvalue weighted by Gasteiger charge is 2.42. The van der Waals surface area contributed by atoms with Gasteiger partial charge in [-0.15, -0.1) is 0 Å². The number of aromatic amines is 1. The van der Waals surface area contributed by atoms with E-state index in [2.05, 4.69) is 10.3 Å². The topological polar surface area (TPSA) is 97.9 Å². The molecule has 1 aromatic heterocycles. The Kier molecular flexibility index (Phi) is 5.99. The van der Waals surface area contributed by atoms with E-state index in [0.717, 1.165) is 18.9 Å². The Balaban J connectivity index is 1.46. The summed E-state index contributed by atoms with van der Waals surface area (Å²) in [5, 5.41) is 12.9. The third-order valence-electron chi connectivity index (χ3n) is 5.91. The third kappa shape index (κ3) is 4.58. The first kappa shape index (κ1) is 21.4. The summed E-state index contributed by atoms with van der Waals surface area (Å²) < 4.78 is 32.2. The van der Waals surface area contributed by atoms with Crippen molar-refractivity contribution in [2.24, 2.45) is 5.92 Å². The largest absolute Gasteiger partial charge is 0.453 e. The summed E-state index contributed by atoms with van der Waals surface area (Å²) in [7, 11) is 1.31. The van der Waals surface area contributed by atoms with Gasteiger partial charge >= 0.3 is 12.1 Å². The zero-order chi connectivity index (χ0) is 22.1. The van der Waals surface area contributed by atoms with Crippen LogP contribution in [0.15, 0.2) is 18.2 Å². The number of carbonyl (C=O) groups is 2. The number of ether oxygens (including phenoxy) is 1. The number of fused-ring (bicyclic) bond motifs is 1. The van der Waals surface area contributed by atoms with Gasteiger partial charge in [-0.25, -0.2) is 18.4 Å². The lowest BCUT2D eigenvalue weighted by Gasteiger charge is -2.41. The Bertz CT molecular complexity index is 978. The van der Waals surface area contributed by atoms with Crippen molar-refractivity contribution in [3.8, 4) is 0 Å². The second kappa shape index (κ2) is 8.70.